The Bertz CT molecular complexity index is 774. The van der Waals surface area contributed by atoms with Gasteiger partial charge >= 0.3 is 0 Å². The quantitative estimate of drug-likeness (QED) is 0.790. The predicted molar refractivity (Wildman–Crippen MR) is 93.7 cm³/mol. The van der Waals surface area contributed by atoms with Crippen LogP contribution in [0.15, 0.2) is 30.3 Å². The Morgan fingerprint density at radius 1 is 1.17 bits per heavy atom. The van der Waals surface area contributed by atoms with Crippen LogP contribution in [0.25, 0.3) is 5.69 Å². The normalized spacial score (nSPS) is 14.7. The van der Waals surface area contributed by atoms with Gasteiger partial charge in [-0.2, -0.15) is 0 Å². The first-order chi connectivity index (χ1) is 11.5. The molecule has 0 N–H and O–H groups in total. The van der Waals surface area contributed by atoms with Gasteiger partial charge < -0.3 is 24.1 Å². The first-order valence-electron chi connectivity index (χ1n) is 7.87. The van der Waals surface area contributed by atoms with Crippen LogP contribution < -0.4 is 5.11 Å². The van der Waals surface area contributed by atoms with Crippen molar-refractivity contribution in [2.75, 3.05) is 26.3 Å². The summed E-state index contributed by atoms with van der Waals surface area (Å²) >= 11 is 5.68. The zero-order chi connectivity index (χ0) is 17.3. The fourth-order valence-corrected chi connectivity index (χ4v) is 3.45. The van der Waals surface area contributed by atoms with Crippen LogP contribution in [0.4, 0.5) is 0 Å². The second-order valence-electron chi connectivity index (χ2n) is 5.86. The summed E-state index contributed by atoms with van der Waals surface area (Å²) in [7, 11) is 0. The molecule has 1 saturated heterocycles. The summed E-state index contributed by atoms with van der Waals surface area (Å²) in [6.07, 6.45) is 0. The SMILES string of the molecule is Cc1cc(C(=S)N2CCOCC2)c(C)n1-c1ccc(C(=O)[O-])cc1. The average Bonchev–Trinajstić information content (AvgIpc) is 2.89. The molecule has 1 aliphatic rings. The molecule has 24 heavy (non-hydrogen) atoms. The summed E-state index contributed by atoms with van der Waals surface area (Å²) in [6.45, 7) is 7.06. The van der Waals surface area contributed by atoms with Crippen LogP contribution in [0.2, 0.25) is 0 Å². The van der Waals surface area contributed by atoms with Crippen molar-refractivity contribution < 1.29 is 14.6 Å². The summed E-state index contributed by atoms with van der Waals surface area (Å²) in [5.41, 5.74) is 4.22. The van der Waals surface area contributed by atoms with Gasteiger partial charge in [0.25, 0.3) is 0 Å². The van der Waals surface area contributed by atoms with Gasteiger partial charge in [-0.15, -0.1) is 0 Å². The highest BCUT2D eigenvalue weighted by atomic mass is 32.1. The third kappa shape index (κ3) is 3.07. The Morgan fingerprint density at radius 3 is 2.38 bits per heavy atom. The number of carboxylic acids is 1. The van der Waals surface area contributed by atoms with Gasteiger partial charge in [-0.1, -0.05) is 24.4 Å². The molecular weight excluding hydrogens is 324 g/mol. The van der Waals surface area contributed by atoms with Crippen LogP contribution >= 0.6 is 12.2 Å². The monoisotopic (exact) mass is 343 g/mol. The lowest BCUT2D eigenvalue weighted by Gasteiger charge is -2.29. The highest BCUT2D eigenvalue weighted by molar-refractivity contribution is 7.80. The maximum atomic E-state index is 10.9. The number of hydrogen-bond acceptors (Lipinski definition) is 4. The summed E-state index contributed by atoms with van der Waals surface area (Å²) in [5, 5.41) is 10.9. The number of carbonyl (C=O) groups excluding carboxylic acids is 1. The molecule has 2 heterocycles. The zero-order valence-corrected chi connectivity index (χ0v) is 14.6. The first kappa shape index (κ1) is 16.7. The number of morpholine rings is 1. The third-order valence-electron chi connectivity index (χ3n) is 4.32. The van der Waals surface area contributed by atoms with Crippen molar-refractivity contribution in [3.8, 4) is 5.69 Å². The molecule has 2 aromatic rings. The van der Waals surface area contributed by atoms with Crippen molar-refractivity contribution in [3.05, 3.63) is 52.8 Å². The van der Waals surface area contributed by atoms with Gasteiger partial charge in [-0.3, -0.25) is 0 Å². The average molecular weight is 343 g/mol. The maximum absolute atomic E-state index is 10.9. The van der Waals surface area contributed by atoms with Gasteiger partial charge in [-0.25, -0.2) is 0 Å². The van der Waals surface area contributed by atoms with Crippen molar-refractivity contribution in [3.63, 3.8) is 0 Å². The van der Waals surface area contributed by atoms with Crippen LogP contribution in [0.5, 0.6) is 0 Å². The summed E-state index contributed by atoms with van der Waals surface area (Å²) in [6, 6.07) is 8.77. The summed E-state index contributed by atoms with van der Waals surface area (Å²) in [5.74, 6) is -1.17. The van der Waals surface area contributed by atoms with E-state index < -0.39 is 5.97 Å². The smallest absolute Gasteiger partial charge is 0.111 e. The number of thiocarbonyl (C=S) groups is 1. The van der Waals surface area contributed by atoms with E-state index in [4.69, 9.17) is 17.0 Å². The van der Waals surface area contributed by atoms with Crippen molar-refractivity contribution in [1.29, 1.82) is 0 Å². The van der Waals surface area contributed by atoms with Crippen LogP contribution in [0, 0.1) is 13.8 Å². The number of hydrogen-bond donors (Lipinski definition) is 0. The second kappa shape index (κ2) is 6.75. The lowest BCUT2D eigenvalue weighted by atomic mass is 10.2. The van der Waals surface area contributed by atoms with Gasteiger partial charge in [0, 0.05) is 35.7 Å². The Labute approximate surface area is 146 Å². The highest BCUT2D eigenvalue weighted by Crippen LogP contribution is 2.23. The van der Waals surface area contributed by atoms with Crippen LogP contribution in [-0.4, -0.2) is 46.7 Å². The van der Waals surface area contributed by atoms with Gasteiger partial charge in [0.1, 0.15) is 4.99 Å². The van der Waals surface area contributed by atoms with E-state index in [0.29, 0.717) is 13.2 Å². The molecule has 1 aromatic carbocycles. The number of carboxylic acid groups (broad SMARTS) is 1. The minimum atomic E-state index is -1.17. The number of carbonyl (C=O) groups is 1. The van der Waals surface area contributed by atoms with E-state index in [-0.39, 0.29) is 5.56 Å². The third-order valence-corrected chi connectivity index (χ3v) is 4.80. The molecule has 1 aromatic heterocycles. The Morgan fingerprint density at radius 2 is 1.79 bits per heavy atom. The lowest BCUT2D eigenvalue weighted by Crippen LogP contribution is -2.40. The van der Waals surface area contributed by atoms with Gasteiger partial charge in [0.15, 0.2) is 0 Å². The van der Waals surface area contributed by atoms with Gasteiger partial charge in [-0.05, 0) is 37.6 Å². The van der Waals surface area contributed by atoms with E-state index in [2.05, 4.69) is 15.5 Å². The van der Waals surface area contributed by atoms with E-state index in [1.165, 1.54) is 0 Å². The zero-order valence-electron chi connectivity index (χ0n) is 13.7. The fourth-order valence-electron chi connectivity index (χ4n) is 3.06. The Hall–Kier alpha value is -2.18. The number of ether oxygens (including phenoxy) is 1. The van der Waals surface area contributed by atoms with Crippen molar-refractivity contribution in [2.24, 2.45) is 0 Å². The molecule has 0 unspecified atom stereocenters. The van der Waals surface area contributed by atoms with Crippen molar-refractivity contribution in [2.45, 2.75) is 13.8 Å². The molecule has 0 amide bonds. The number of aryl methyl sites for hydroxylation is 1. The highest BCUT2D eigenvalue weighted by Gasteiger charge is 2.20. The number of rotatable bonds is 3. The van der Waals surface area contributed by atoms with E-state index in [1.807, 2.05) is 13.8 Å². The van der Waals surface area contributed by atoms with Crippen molar-refractivity contribution in [1.82, 2.24) is 9.47 Å². The molecule has 5 nitrogen and oxygen atoms in total. The minimum Gasteiger partial charge on any atom is -0.545 e. The Balaban J connectivity index is 1.94. The molecule has 126 valence electrons. The minimum absolute atomic E-state index is 0.172. The first-order valence-corrected chi connectivity index (χ1v) is 8.27. The molecule has 0 atom stereocenters. The molecule has 0 bridgehead atoms. The number of nitrogens with zero attached hydrogens (tertiary/aromatic N) is 2. The molecule has 1 aliphatic heterocycles. The largest absolute Gasteiger partial charge is 0.545 e. The topological polar surface area (TPSA) is 57.5 Å². The van der Waals surface area contributed by atoms with E-state index >= 15 is 0 Å². The number of aromatic carboxylic acids is 1. The Kier molecular flexibility index (Phi) is 4.69. The van der Waals surface area contributed by atoms with E-state index in [1.54, 1.807) is 24.3 Å². The van der Waals surface area contributed by atoms with Crippen LogP contribution in [0.1, 0.15) is 27.3 Å². The molecule has 0 spiro atoms. The van der Waals surface area contributed by atoms with E-state index in [0.717, 1.165) is 40.7 Å². The second-order valence-corrected chi connectivity index (χ2v) is 6.25. The van der Waals surface area contributed by atoms with Crippen LogP contribution in [-0.2, 0) is 4.74 Å². The molecule has 3 rings (SSSR count). The van der Waals surface area contributed by atoms with Crippen LogP contribution in [0.3, 0.4) is 0 Å². The predicted octanol–water partition coefficient (Wildman–Crippen LogP) is 1.47. The molecule has 0 saturated carbocycles. The lowest BCUT2D eigenvalue weighted by molar-refractivity contribution is -0.255. The summed E-state index contributed by atoms with van der Waals surface area (Å²) < 4.78 is 7.47. The summed E-state index contributed by atoms with van der Waals surface area (Å²) in [4.78, 5) is 13.9. The molecule has 6 heteroatoms. The fraction of sp³-hybridized carbons (Fsp3) is 0.333. The van der Waals surface area contributed by atoms with E-state index in [9.17, 15) is 9.90 Å². The van der Waals surface area contributed by atoms with Gasteiger partial charge in [0.2, 0.25) is 0 Å². The number of aromatic nitrogens is 1. The maximum Gasteiger partial charge on any atom is 0.111 e. The standard InChI is InChI=1S/C18H20N2O3S/c1-12-11-16(17(24)19-7-9-23-10-8-19)13(2)20(12)15-5-3-14(4-6-15)18(21)22/h3-6,11H,7-10H2,1-2H3,(H,21,22)/p-1. The van der Waals surface area contributed by atoms with Crippen molar-refractivity contribution >= 4 is 23.2 Å². The molecular formula is C18H19N2O3S-. The molecule has 1 fully saturated rings. The van der Waals surface area contributed by atoms with Gasteiger partial charge in [0.05, 0.1) is 19.2 Å². The number of benzene rings is 1. The molecule has 0 radical (unpaired) electrons. The molecule has 0 aliphatic carbocycles.